The standard InChI is InChI=1S/C14H15NO/c1-10-9-16-14-12-6-4-3-5-11(12)7-8-13(14)15(10)2/h3-8,10H,9H2,1-2H3. The van der Waals surface area contributed by atoms with Crippen LogP contribution in [0, 0.1) is 0 Å². The highest BCUT2D eigenvalue weighted by Gasteiger charge is 2.22. The third kappa shape index (κ3) is 1.26. The quantitative estimate of drug-likeness (QED) is 0.667. The van der Waals surface area contributed by atoms with Crippen LogP contribution in [0.15, 0.2) is 36.4 Å². The van der Waals surface area contributed by atoms with Gasteiger partial charge in [0, 0.05) is 12.4 Å². The number of benzene rings is 2. The summed E-state index contributed by atoms with van der Waals surface area (Å²) in [5.74, 6) is 1.03. The summed E-state index contributed by atoms with van der Waals surface area (Å²) in [6.07, 6.45) is 0. The zero-order valence-corrected chi connectivity index (χ0v) is 9.60. The maximum Gasteiger partial charge on any atom is 0.150 e. The lowest BCUT2D eigenvalue weighted by molar-refractivity contribution is 0.278. The van der Waals surface area contributed by atoms with Crippen LogP contribution in [0.4, 0.5) is 5.69 Å². The van der Waals surface area contributed by atoms with E-state index >= 15 is 0 Å². The second-order valence-corrected chi connectivity index (χ2v) is 4.41. The Balaban J connectivity index is 2.27. The van der Waals surface area contributed by atoms with Crippen LogP contribution in [0.2, 0.25) is 0 Å². The fourth-order valence-corrected chi connectivity index (χ4v) is 2.21. The van der Waals surface area contributed by atoms with Crippen molar-refractivity contribution in [1.29, 1.82) is 0 Å². The summed E-state index contributed by atoms with van der Waals surface area (Å²) in [6.45, 7) is 2.94. The molecule has 16 heavy (non-hydrogen) atoms. The highest BCUT2D eigenvalue weighted by Crippen LogP contribution is 2.38. The van der Waals surface area contributed by atoms with Gasteiger partial charge in [-0.3, -0.25) is 0 Å². The van der Waals surface area contributed by atoms with E-state index in [1.165, 1.54) is 16.5 Å². The van der Waals surface area contributed by atoms with Gasteiger partial charge in [-0.05, 0) is 18.4 Å². The van der Waals surface area contributed by atoms with Gasteiger partial charge in [-0.25, -0.2) is 0 Å². The van der Waals surface area contributed by atoms with Gasteiger partial charge < -0.3 is 9.64 Å². The van der Waals surface area contributed by atoms with E-state index in [1.54, 1.807) is 0 Å². The number of anilines is 1. The first kappa shape index (κ1) is 9.52. The van der Waals surface area contributed by atoms with Crippen LogP contribution in [0.5, 0.6) is 5.75 Å². The lowest BCUT2D eigenvalue weighted by atomic mass is 10.1. The first-order valence-corrected chi connectivity index (χ1v) is 5.65. The van der Waals surface area contributed by atoms with Crippen molar-refractivity contribution in [2.75, 3.05) is 18.6 Å². The summed E-state index contributed by atoms with van der Waals surface area (Å²) < 4.78 is 5.88. The van der Waals surface area contributed by atoms with Gasteiger partial charge in [-0.1, -0.05) is 30.3 Å². The number of rotatable bonds is 0. The molecule has 3 rings (SSSR count). The molecular weight excluding hydrogens is 198 g/mol. The van der Waals surface area contributed by atoms with E-state index in [-0.39, 0.29) is 0 Å². The number of fused-ring (bicyclic) bond motifs is 3. The van der Waals surface area contributed by atoms with Gasteiger partial charge in [-0.2, -0.15) is 0 Å². The molecule has 1 atom stereocenters. The molecule has 2 aromatic carbocycles. The van der Waals surface area contributed by atoms with E-state index in [9.17, 15) is 0 Å². The van der Waals surface area contributed by atoms with Gasteiger partial charge in [0.15, 0.2) is 5.75 Å². The SMILES string of the molecule is CC1COc2c(ccc3ccccc23)N1C. The predicted octanol–water partition coefficient (Wildman–Crippen LogP) is 3.06. The minimum Gasteiger partial charge on any atom is -0.489 e. The third-order valence-corrected chi connectivity index (χ3v) is 3.37. The monoisotopic (exact) mass is 213 g/mol. The summed E-state index contributed by atoms with van der Waals surface area (Å²) in [7, 11) is 2.13. The minimum absolute atomic E-state index is 0.439. The zero-order valence-electron chi connectivity index (χ0n) is 9.60. The van der Waals surface area contributed by atoms with Crippen molar-refractivity contribution in [2.45, 2.75) is 13.0 Å². The van der Waals surface area contributed by atoms with Gasteiger partial charge in [0.25, 0.3) is 0 Å². The molecule has 2 aromatic rings. The van der Waals surface area contributed by atoms with Gasteiger partial charge in [0.1, 0.15) is 6.61 Å². The van der Waals surface area contributed by atoms with Crippen LogP contribution in [-0.4, -0.2) is 19.7 Å². The lowest BCUT2D eigenvalue weighted by Gasteiger charge is -2.34. The normalized spacial score (nSPS) is 19.4. The van der Waals surface area contributed by atoms with E-state index in [4.69, 9.17) is 4.74 Å². The molecule has 0 saturated heterocycles. The Morgan fingerprint density at radius 2 is 2.00 bits per heavy atom. The van der Waals surface area contributed by atoms with Crippen molar-refractivity contribution < 1.29 is 4.74 Å². The summed E-state index contributed by atoms with van der Waals surface area (Å²) in [5.41, 5.74) is 1.19. The smallest absolute Gasteiger partial charge is 0.150 e. The van der Waals surface area contributed by atoms with Crippen LogP contribution in [0.25, 0.3) is 10.8 Å². The first-order chi connectivity index (χ1) is 7.77. The molecule has 0 N–H and O–H groups in total. The van der Waals surface area contributed by atoms with E-state index in [0.717, 1.165) is 12.4 Å². The molecule has 0 bridgehead atoms. The lowest BCUT2D eigenvalue weighted by Crippen LogP contribution is -2.37. The molecule has 1 unspecified atom stereocenters. The molecule has 0 spiro atoms. The van der Waals surface area contributed by atoms with Crippen molar-refractivity contribution in [3.63, 3.8) is 0 Å². The molecule has 1 heterocycles. The second kappa shape index (κ2) is 3.41. The molecule has 0 amide bonds. The molecule has 1 aliphatic heterocycles. The topological polar surface area (TPSA) is 12.5 Å². The van der Waals surface area contributed by atoms with E-state index in [2.05, 4.69) is 55.3 Å². The number of hydrogen-bond acceptors (Lipinski definition) is 2. The molecule has 0 aromatic heterocycles. The van der Waals surface area contributed by atoms with E-state index < -0.39 is 0 Å². The van der Waals surface area contributed by atoms with Crippen LogP contribution in [0.3, 0.4) is 0 Å². The van der Waals surface area contributed by atoms with Gasteiger partial charge in [-0.15, -0.1) is 0 Å². The maximum atomic E-state index is 5.88. The Labute approximate surface area is 95.4 Å². The van der Waals surface area contributed by atoms with Crippen LogP contribution < -0.4 is 9.64 Å². The number of nitrogens with zero attached hydrogens (tertiary/aromatic N) is 1. The Bertz CT molecular complexity index is 535. The highest BCUT2D eigenvalue weighted by molar-refractivity contribution is 5.94. The molecule has 0 radical (unpaired) electrons. The van der Waals surface area contributed by atoms with Crippen molar-refractivity contribution >= 4 is 16.5 Å². The highest BCUT2D eigenvalue weighted by atomic mass is 16.5. The Kier molecular flexibility index (Phi) is 2.03. The van der Waals surface area contributed by atoms with Gasteiger partial charge in [0.2, 0.25) is 0 Å². The molecule has 0 aliphatic carbocycles. The maximum absolute atomic E-state index is 5.88. The summed E-state index contributed by atoms with van der Waals surface area (Å²) >= 11 is 0. The Morgan fingerprint density at radius 1 is 1.19 bits per heavy atom. The van der Waals surface area contributed by atoms with Crippen molar-refractivity contribution in [3.8, 4) is 5.75 Å². The Hall–Kier alpha value is -1.70. The molecule has 82 valence electrons. The average molecular weight is 213 g/mol. The third-order valence-electron chi connectivity index (χ3n) is 3.37. The number of ether oxygens (including phenoxy) is 1. The van der Waals surface area contributed by atoms with Crippen LogP contribution in [0.1, 0.15) is 6.92 Å². The predicted molar refractivity (Wildman–Crippen MR) is 67.3 cm³/mol. The first-order valence-electron chi connectivity index (χ1n) is 5.65. The molecular formula is C14H15NO. The fourth-order valence-electron chi connectivity index (χ4n) is 2.21. The van der Waals surface area contributed by atoms with Gasteiger partial charge in [0.05, 0.1) is 11.7 Å². The fraction of sp³-hybridized carbons (Fsp3) is 0.286. The van der Waals surface area contributed by atoms with E-state index in [0.29, 0.717) is 6.04 Å². The molecule has 2 nitrogen and oxygen atoms in total. The summed E-state index contributed by atoms with van der Waals surface area (Å²) in [4.78, 5) is 2.28. The number of likely N-dealkylation sites (N-methyl/N-ethyl adjacent to an activating group) is 1. The molecule has 1 aliphatic rings. The molecule has 2 heteroatoms. The van der Waals surface area contributed by atoms with Crippen molar-refractivity contribution in [1.82, 2.24) is 0 Å². The van der Waals surface area contributed by atoms with Crippen molar-refractivity contribution in [3.05, 3.63) is 36.4 Å². The van der Waals surface area contributed by atoms with Gasteiger partial charge >= 0.3 is 0 Å². The summed E-state index contributed by atoms with van der Waals surface area (Å²) in [6, 6.07) is 13.1. The Morgan fingerprint density at radius 3 is 2.88 bits per heavy atom. The molecule has 0 fully saturated rings. The zero-order chi connectivity index (χ0) is 11.1. The molecule has 0 saturated carbocycles. The minimum atomic E-state index is 0.439. The largest absolute Gasteiger partial charge is 0.489 e. The van der Waals surface area contributed by atoms with Crippen LogP contribution >= 0.6 is 0 Å². The second-order valence-electron chi connectivity index (χ2n) is 4.41. The van der Waals surface area contributed by atoms with Crippen molar-refractivity contribution in [2.24, 2.45) is 0 Å². The van der Waals surface area contributed by atoms with E-state index in [1.807, 2.05) is 0 Å². The number of hydrogen-bond donors (Lipinski definition) is 0. The average Bonchev–Trinajstić information content (AvgIpc) is 2.33. The summed E-state index contributed by atoms with van der Waals surface area (Å²) in [5, 5.41) is 2.45. The van der Waals surface area contributed by atoms with Crippen LogP contribution in [-0.2, 0) is 0 Å².